The van der Waals surface area contributed by atoms with Gasteiger partial charge in [0.2, 0.25) is 0 Å². The number of aliphatic hydroxyl groups excluding tert-OH is 1. The molecule has 3 rings (SSSR count). The molecule has 0 radical (unpaired) electrons. The van der Waals surface area contributed by atoms with Crippen molar-refractivity contribution in [2.24, 2.45) is 0 Å². The zero-order chi connectivity index (χ0) is 18.7. The van der Waals surface area contributed by atoms with E-state index in [1.54, 1.807) is 11.6 Å². The molecule has 0 fully saturated rings. The normalized spacial score (nSPS) is 14.3. The van der Waals surface area contributed by atoms with E-state index in [2.05, 4.69) is 5.10 Å². The van der Waals surface area contributed by atoms with Crippen LogP contribution in [0.15, 0.2) is 18.2 Å². The summed E-state index contributed by atoms with van der Waals surface area (Å²) in [5.74, 6) is -1.72. The Hall–Kier alpha value is -2.32. The minimum atomic E-state index is -0.610. The molecule has 0 unspecified atom stereocenters. The molecule has 0 amide bonds. The number of rotatable bonds is 6. The molecule has 0 saturated heterocycles. The van der Waals surface area contributed by atoms with Crippen molar-refractivity contribution in [1.29, 1.82) is 0 Å². The van der Waals surface area contributed by atoms with E-state index in [9.17, 15) is 18.7 Å². The highest BCUT2D eigenvalue weighted by Gasteiger charge is 2.28. The number of benzene rings is 1. The molecular formula is C18H21F2N3O3. The lowest BCUT2D eigenvalue weighted by Crippen LogP contribution is -2.31. The third-order valence-corrected chi connectivity index (χ3v) is 4.32. The molecule has 1 aliphatic heterocycles. The van der Waals surface area contributed by atoms with Gasteiger partial charge in [0, 0.05) is 43.4 Å². The maximum atomic E-state index is 13.4. The van der Waals surface area contributed by atoms with Crippen LogP contribution in [0.4, 0.5) is 8.78 Å². The number of fused-ring (bicyclic) bond motifs is 1. The molecule has 8 heteroatoms. The molecule has 0 spiro atoms. The lowest BCUT2D eigenvalue weighted by molar-refractivity contribution is 0.0515. The molecule has 2 heterocycles. The summed E-state index contributed by atoms with van der Waals surface area (Å²) in [5, 5.41) is 13.5. The van der Waals surface area contributed by atoms with Crippen LogP contribution in [0.1, 0.15) is 34.2 Å². The molecule has 0 bridgehead atoms. The fraction of sp³-hybridized carbons (Fsp3) is 0.444. The molecule has 1 aromatic carbocycles. The summed E-state index contributed by atoms with van der Waals surface area (Å²) in [6.07, 6.45) is 0.625. The summed E-state index contributed by atoms with van der Waals surface area (Å²) in [6, 6.07) is 3.45. The van der Waals surface area contributed by atoms with E-state index < -0.39 is 17.6 Å². The van der Waals surface area contributed by atoms with Gasteiger partial charge in [0.25, 0.3) is 0 Å². The number of nitrogens with zero attached hydrogens (tertiary/aromatic N) is 3. The highest BCUT2D eigenvalue weighted by molar-refractivity contribution is 5.89. The van der Waals surface area contributed by atoms with Crippen molar-refractivity contribution in [3.05, 3.63) is 52.3 Å². The zero-order valence-electron chi connectivity index (χ0n) is 14.5. The first kappa shape index (κ1) is 18.5. The van der Waals surface area contributed by atoms with Gasteiger partial charge in [0.15, 0.2) is 5.69 Å². The Balaban J connectivity index is 1.84. The number of carbonyl (C=O) groups is 1. The summed E-state index contributed by atoms with van der Waals surface area (Å²) < 4.78 is 33.5. The van der Waals surface area contributed by atoms with E-state index in [0.29, 0.717) is 38.2 Å². The molecule has 0 atom stereocenters. The fourth-order valence-electron chi connectivity index (χ4n) is 3.29. The second-order valence-electron chi connectivity index (χ2n) is 6.18. The van der Waals surface area contributed by atoms with E-state index in [1.807, 2.05) is 4.90 Å². The highest BCUT2D eigenvalue weighted by Crippen LogP contribution is 2.25. The number of carbonyl (C=O) groups excluding carboxylic acids is 1. The van der Waals surface area contributed by atoms with Crippen LogP contribution >= 0.6 is 0 Å². The molecule has 1 aliphatic rings. The third kappa shape index (κ3) is 3.91. The van der Waals surface area contributed by atoms with E-state index in [0.717, 1.165) is 17.3 Å². The predicted octanol–water partition coefficient (Wildman–Crippen LogP) is 1.89. The van der Waals surface area contributed by atoms with Gasteiger partial charge in [0.1, 0.15) is 11.6 Å². The van der Waals surface area contributed by atoms with Gasteiger partial charge in [-0.2, -0.15) is 5.10 Å². The average Bonchev–Trinajstić information content (AvgIpc) is 2.93. The minimum Gasteiger partial charge on any atom is -0.461 e. The second-order valence-corrected chi connectivity index (χ2v) is 6.18. The number of halogens is 2. The number of esters is 1. The minimum absolute atomic E-state index is 0.0807. The summed E-state index contributed by atoms with van der Waals surface area (Å²) >= 11 is 0. The van der Waals surface area contributed by atoms with Crippen molar-refractivity contribution in [2.45, 2.75) is 33.0 Å². The number of aliphatic hydroxyl groups is 1. The van der Waals surface area contributed by atoms with Crippen LogP contribution in [0.2, 0.25) is 0 Å². The van der Waals surface area contributed by atoms with Gasteiger partial charge in [-0.25, -0.2) is 13.6 Å². The van der Waals surface area contributed by atoms with Crippen molar-refractivity contribution in [3.8, 4) is 0 Å². The van der Waals surface area contributed by atoms with Crippen LogP contribution in [0.3, 0.4) is 0 Å². The van der Waals surface area contributed by atoms with Gasteiger partial charge in [-0.3, -0.25) is 9.58 Å². The van der Waals surface area contributed by atoms with Crippen LogP contribution < -0.4 is 0 Å². The summed E-state index contributed by atoms with van der Waals surface area (Å²) in [4.78, 5) is 14.2. The topological polar surface area (TPSA) is 67.6 Å². The number of aromatic nitrogens is 2. The quantitative estimate of drug-likeness (QED) is 0.792. The number of ether oxygens (including phenoxy) is 1. The molecule has 1 N–H and O–H groups in total. The van der Waals surface area contributed by atoms with Gasteiger partial charge in [-0.05, 0) is 24.6 Å². The van der Waals surface area contributed by atoms with Gasteiger partial charge < -0.3 is 9.84 Å². The van der Waals surface area contributed by atoms with Crippen molar-refractivity contribution < 1.29 is 23.4 Å². The highest BCUT2D eigenvalue weighted by atomic mass is 19.1. The number of hydrogen-bond donors (Lipinski definition) is 1. The second kappa shape index (κ2) is 7.92. The first-order valence-electron chi connectivity index (χ1n) is 8.55. The van der Waals surface area contributed by atoms with Crippen LogP contribution in [0, 0.1) is 11.6 Å². The molecular weight excluding hydrogens is 344 g/mol. The Morgan fingerprint density at radius 2 is 2.04 bits per heavy atom. The molecule has 6 nitrogen and oxygen atoms in total. The third-order valence-electron chi connectivity index (χ3n) is 4.32. The first-order chi connectivity index (χ1) is 12.5. The Bertz CT molecular complexity index is 787. The van der Waals surface area contributed by atoms with Gasteiger partial charge >= 0.3 is 5.97 Å². The van der Waals surface area contributed by atoms with E-state index in [-0.39, 0.29) is 18.9 Å². The van der Waals surface area contributed by atoms with Crippen molar-refractivity contribution >= 4 is 5.97 Å². The van der Waals surface area contributed by atoms with Crippen molar-refractivity contribution in [3.63, 3.8) is 0 Å². The Morgan fingerprint density at radius 1 is 1.31 bits per heavy atom. The first-order valence-corrected chi connectivity index (χ1v) is 8.55. The van der Waals surface area contributed by atoms with Crippen LogP contribution in [0.5, 0.6) is 0 Å². The zero-order valence-corrected chi connectivity index (χ0v) is 14.5. The largest absolute Gasteiger partial charge is 0.461 e. The maximum absolute atomic E-state index is 13.4. The van der Waals surface area contributed by atoms with E-state index in [1.165, 1.54) is 12.1 Å². The summed E-state index contributed by atoms with van der Waals surface area (Å²) in [6.45, 7) is 3.63. The van der Waals surface area contributed by atoms with E-state index in [4.69, 9.17) is 4.74 Å². The monoisotopic (exact) mass is 365 g/mol. The predicted molar refractivity (Wildman–Crippen MR) is 89.4 cm³/mol. The van der Waals surface area contributed by atoms with Crippen LogP contribution in [0.25, 0.3) is 0 Å². The maximum Gasteiger partial charge on any atom is 0.359 e. The lowest BCUT2D eigenvalue weighted by Gasteiger charge is -2.27. The summed E-state index contributed by atoms with van der Waals surface area (Å²) in [5.41, 5.74) is 2.42. The summed E-state index contributed by atoms with van der Waals surface area (Å²) in [7, 11) is 0. The van der Waals surface area contributed by atoms with E-state index >= 15 is 0 Å². The molecule has 0 aliphatic carbocycles. The number of hydrogen-bond acceptors (Lipinski definition) is 5. The lowest BCUT2D eigenvalue weighted by atomic mass is 10.0. The van der Waals surface area contributed by atoms with Gasteiger partial charge in [-0.15, -0.1) is 0 Å². The molecule has 0 saturated carbocycles. The fourth-order valence-corrected chi connectivity index (χ4v) is 3.29. The standard InChI is InChI=1S/C18H21F2N3O3/c1-2-26-18(25)17-15-11-22(4-3-16(15)23(21-17)5-6-24)10-12-7-13(19)9-14(20)8-12/h7-9,24H,2-6,10-11H2,1H3. The Morgan fingerprint density at radius 3 is 2.69 bits per heavy atom. The SMILES string of the molecule is CCOC(=O)c1nn(CCO)c2c1CN(Cc1cc(F)cc(F)c1)CC2. The average molecular weight is 365 g/mol. The molecule has 1 aromatic heterocycles. The molecule has 140 valence electrons. The van der Waals surface area contributed by atoms with Crippen molar-refractivity contribution in [2.75, 3.05) is 19.8 Å². The van der Waals surface area contributed by atoms with Gasteiger partial charge in [-0.1, -0.05) is 0 Å². The Labute approximate surface area is 150 Å². The van der Waals surface area contributed by atoms with Gasteiger partial charge in [0.05, 0.1) is 19.8 Å². The molecule has 26 heavy (non-hydrogen) atoms. The van der Waals surface area contributed by atoms with Crippen molar-refractivity contribution in [1.82, 2.24) is 14.7 Å². The smallest absolute Gasteiger partial charge is 0.359 e. The molecule has 2 aromatic rings. The van der Waals surface area contributed by atoms with Crippen LogP contribution in [-0.4, -0.2) is 45.5 Å². The van der Waals surface area contributed by atoms with Crippen LogP contribution in [-0.2, 0) is 30.8 Å². The Kier molecular flexibility index (Phi) is 5.63.